The molecule has 0 saturated heterocycles. The molecule has 0 aromatic heterocycles. The lowest BCUT2D eigenvalue weighted by molar-refractivity contribution is 0.00694. The van der Waals surface area contributed by atoms with Crippen LogP contribution in [0.5, 0.6) is 0 Å². The van der Waals surface area contributed by atoms with E-state index >= 15 is 0 Å². The zero-order chi connectivity index (χ0) is 15.2. The van der Waals surface area contributed by atoms with Crippen molar-refractivity contribution in [3.05, 3.63) is 35.4 Å². The summed E-state index contributed by atoms with van der Waals surface area (Å²) < 4.78 is 33.4. The van der Waals surface area contributed by atoms with Crippen molar-refractivity contribution in [2.24, 2.45) is 5.92 Å². The fourth-order valence-corrected chi connectivity index (χ4v) is 3.45. The Kier molecular flexibility index (Phi) is 6.12. The summed E-state index contributed by atoms with van der Waals surface area (Å²) >= 11 is 0. The first-order valence-corrected chi connectivity index (χ1v) is 7.89. The molecule has 0 heterocycles. The molecule has 21 heavy (non-hydrogen) atoms. The topological polar surface area (TPSA) is 21.3 Å². The first-order chi connectivity index (χ1) is 10.2. The van der Waals surface area contributed by atoms with Gasteiger partial charge in [-0.05, 0) is 31.4 Å². The van der Waals surface area contributed by atoms with Crippen LogP contribution in [0, 0.1) is 17.6 Å². The number of rotatable bonds is 6. The van der Waals surface area contributed by atoms with E-state index in [1.807, 2.05) is 6.92 Å². The molecule has 0 spiro atoms. The Hall–Kier alpha value is -1.00. The van der Waals surface area contributed by atoms with Gasteiger partial charge in [-0.2, -0.15) is 0 Å². The van der Waals surface area contributed by atoms with E-state index in [9.17, 15) is 8.78 Å². The van der Waals surface area contributed by atoms with Crippen molar-refractivity contribution >= 4 is 0 Å². The van der Waals surface area contributed by atoms with Crippen LogP contribution in [0.3, 0.4) is 0 Å². The molecular formula is C17H25F2NO. The molecule has 0 aliphatic heterocycles. The maximum absolute atomic E-state index is 14.2. The lowest BCUT2D eigenvalue weighted by atomic mass is 9.80. The summed E-state index contributed by atoms with van der Waals surface area (Å²) in [7, 11) is 1.67. The average molecular weight is 297 g/mol. The van der Waals surface area contributed by atoms with Crippen LogP contribution >= 0.6 is 0 Å². The summed E-state index contributed by atoms with van der Waals surface area (Å²) in [5.41, 5.74) is 0.370. The van der Waals surface area contributed by atoms with E-state index < -0.39 is 11.6 Å². The van der Waals surface area contributed by atoms with Crippen LogP contribution in [0.1, 0.15) is 50.6 Å². The molecule has 0 amide bonds. The smallest absolute Gasteiger partial charge is 0.163 e. The number of likely N-dealkylation sites (N-methyl/N-ethyl adjacent to an activating group) is 1. The number of ether oxygens (including phenoxy) is 1. The standard InChI is InChI=1S/C17H25F2NO/c1-3-20-16(13-10-7-11-14(18)15(13)19)17(21-2)12-8-5-4-6-9-12/h7,10-12,16-17,20H,3-6,8-9H2,1-2H3. The fourth-order valence-electron chi connectivity index (χ4n) is 3.45. The molecule has 1 fully saturated rings. The first kappa shape index (κ1) is 16.4. The third kappa shape index (κ3) is 3.80. The van der Waals surface area contributed by atoms with Gasteiger partial charge in [0, 0.05) is 12.7 Å². The summed E-state index contributed by atoms with van der Waals surface area (Å²) in [6, 6.07) is 4.06. The average Bonchev–Trinajstić information content (AvgIpc) is 2.51. The van der Waals surface area contributed by atoms with Gasteiger partial charge in [-0.1, -0.05) is 38.3 Å². The molecule has 1 aromatic rings. The largest absolute Gasteiger partial charge is 0.379 e. The minimum absolute atomic E-state index is 0.124. The molecule has 0 radical (unpaired) electrons. The van der Waals surface area contributed by atoms with E-state index in [1.165, 1.54) is 19.3 Å². The van der Waals surface area contributed by atoms with Gasteiger partial charge in [0.1, 0.15) is 0 Å². The SMILES string of the molecule is CCNC(c1cccc(F)c1F)C(OC)C1CCCCC1. The molecule has 0 bridgehead atoms. The Morgan fingerprint density at radius 2 is 1.95 bits per heavy atom. The van der Waals surface area contributed by atoms with E-state index in [0.29, 0.717) is 18.0 Å². The maximum atomic E-state index is 14.2. The molecular weight excluding hydrogens is 272 g/mol. The third-order valence-electron chi connectivity index (χ3n) is 4.46. The number of hydrogen-bond acceptors (Lipinski definition) is 2. The Labute approximate surface area is 125 Å². The van der Waals surface area contributed by atoms with Crippen LogP contribution < -0.4 is 5.32 Å². The summed E-state index contributed by atoms with van der Waals surface area (Å²) in [6.45, 7) is 2.66. The highest BCUT2D eigenvalue weighted by molar-refractivity contribution is 5.24. The second-order valence-electron chi connectivity index (χ2n) is 5.78. The molecule has 2 unspecified atom stereocenters. The molecule has 1 aliphatic carbocycles. The lowest BCUT2D eigenvalue weighted by Crippen LogP contribution is -2.39. The molecule has 1 aromatic carbocycles. The van der Waals surface area contributed by atoms with Gasteiger partial charge < -0.3 is 10.1 Å². The summed E-state index contributed by atoms with van der Waals surface area (Å²) in [5.74, 6) is -1.16. The zero-order valence-corrected chi connectivity index (χ0v) is 12.9. The van der Waals surface area contributed by atoms with Crippen molar-refractivity contribution in [2.75, 3.05) is 13.7 Å². The zero-order valence-electron chi connectivity index (χ0n) is 12.9. The number of hydrogen-bond donors (Lipinski definition) is 1. The van der Waals surface area contributed by atoms with Crippen molar-refractivity contribution in [3.63, 3.8) is 0 Å². The molecule has 2 atom stereocenters. The molecule has 1 saturated carbocycles. The van der Waals surface area contributed by atoms with Gasteiger partial charge in [0.2, 0.25) is 0 Å². The molecule has 2 rings (SSSR count). The summed E-state index contributed by atoms with van der Waals surface area (Å²) in [4.78, 5) is 0. The molecule has 1 aliphatic rings. The summed E-state index contributed by atoms with van der Waals surface area (Å²) in [5, 5.41) is 3.28. The predicted molar refractivity (Wildman–Crippen MR) is 80.1 cm³/mol. The van der Waals surface area contributed by atoms with Crippen molar-refractivity contribution in [2.45, 2.75) is 51.2 Å². The van der Waals surface area contributed by atoms with Crippen molar-refractivity contribution < 1.29 is 13.5 Å². The van der Waals surface area contributed by atoms with Gasteiger partial charge >= 0.3 is 0 Å². The predicted octanol–water partition coefficient (Wildman–Crippen LogP) is 4.21. The van der Waals surface area contributed by atoms with E-state index in [1.54, 1.807) is 19.2 Å². The highest BCUT2D eigenvalue weighted by atomic mass is 19.2. The van der Waals surface area contributed by atoms with Gasteiger partial charge in [-0.3, -0.25) is 0 Å². The highest BCUT2D eigenvalue weighted by Gasteiger charge is 2.33. The lowest BCUT2D eigenvalue weighted by Gasteiger charge is -2.35. The number of nitrogens with one attached hydrogen (secondary N) is 1. The first-order valence-electron chi connectivity index (χ1n) is 7.89. The molecule has 2 nitrogen and oxygen atoms in total. The van der Waals surface area contributed by atoms with Crippen molar-refractivity contribution in [1.29, 1.82) is 0 Å². The Morgan fingerprint density at radius 3 is 2.57 bits per heavy atom. The summed E-state index contributed by atoms with van der Waals surface area (Å²) in [6.07, 6.45) is 5.70. The Morgan fingerprint density at radius 1 is 1.24 bits per heavy atom. The second kappa shape index (κ2) is 7.85. The van der Waals surface area contributed by atoms with Gasteiger partial charge in [-0.25, -0.2) is 8.78 Å². The minimum atomic E-state index is -0.797. The fraction of sp³-hybridized carbons (Fsp3) is 0.647. The van der Waals surface area contributed by atoms with Crippen LogP contribution in [0.25, 0.3) is 0 Å². The third-order valence-corrected chi connectivity index (χ3v) is 4.46. The number of benzene rings is 1. The van der Waals surface area contributed by atoms with Gasteiger partial charge in [0.15, 0.2) is 11.6 Å². The Balaban J connectivity index is 2.28. The van der Waals surface area contributed by atoms with E-state index in [0.717, 1.165) is 18.9 Å². The van der Waals surface area contributed by atoms with Gasteiger partial charge in [-0.15, -0.1) is 0 Å². The Bertz CT molecular complexity index is 446. The van der Waals surface area contributed by atoms with Crippen LogP contribution in [0.2, 0.25) is 0 Å². The molecule has 118 valence electrons. The van der Waals surface area contributed by atoms with E-state index in [4.69, 9.17) is 4.74 Å². The van der Waals surface area contributed by atoms with Crippen LogP contribution in [0.4, 0.5) is 8.78 Å². The van der Waals surface area contributed by atoms with Crippen LogP contribution in [-0.2, 0) is 4.74 Å². The van der Waals surface area contributed by atoms with Crippen LogP contribution in [0.15, 0.2) is 18.2 Å². The second-order valence-corrected chi connectivity index (χ2v) is 5.78. The van der Waals surface area contributed by atoms with E-state index in [2.05, 4.69) is 5.32 Å². The maximum Gasteiger partial charge on any atom is 0.163 e. The normalized spacial score (nSPS) is 19.4. The quantitative estimate of drug-likeness (QED) is 0.849. The van der Waals surface area contributed by atoms with Gasteiger partial charge in [0.25, 0.3) is 0 Å². The number of methoxy groups -OCH3 is 1. The number of halogens is 2. The van der Waals surface area contributed by atoms with Crippen molar-refractivity contribution in [3.8, 4) is 0 Å². The molecule has 4 heteroatoms. The monoisotopic (exact) mass is 297 g/mol. The minimum Gasteiger partial charge on any atom is -0.379 e. The highest BCUT2D eigenvalue weighted by Crippen LogP contribution is 2.35. The van der Waals surface area contributed by atoms with Gasteiger partial charge in [0.05, 0.1) is 12.1 Å². The molecule has 1 N–H and O–H groups in total. The van der Waals surface area contributed by atoms with Crippen molar-refractivity contribution in [1.82, 2.24) is 5.32 Å². The van der Waals surface area contributed by atoms with Crippen LogP contribution in [-0.4, -0.2) is 19.8 Å². The van der Waals surface area contributed by atoms with E-state index in [-0.39, 0.29) is 12.1 Å².